The average Bonchev–Trinajstić information content (AvgIpc) is 3.40. The molecule has 6 rings (SSSR count). The fraction of sp³-hybridized carbons (Fsp3) is 0.167. The first-order valence-corrected chi connectivity index (χ1v) is 12.6. The fourth-order valence-electron chi connectivity index (χ4n) is 4.85. The van der Waals surface area contributed by atoms with Crippen molar-refractivity contribution in [3.05, 3.63) is 115 Å². The van der Waals surface area contributed by atoms with Gasteiger partial charge in [-0.05, 0) is 78.4 Å². The van der Waals surface area contributed by atoms with Crippen LogP contribution in [-0.4, -0.2) is 46.6 Å². The molecule has 3 aromatic carbocycles. The van der Waals surface area contributed by atoms with E-state index in [1.165, 1.54) is 17.8 Å². The first-order chi connectivity index (χ1) is 18.6. The molecule has 0 aliphatic carbocycles. The van der Waals surface area contributed by atoms with Gasteiger partial charge in [-0.1, -0.05) is 6.07 Å². The molecule has 1 N–H and O–H groups in total. The summed E-state index contributed by atoms with van der Waals surface area (Å²) in [5.74, 6) is -0.352. The van der Waals surface area contributed by atoms with E-state index in [-0.39, 0.29) is 11.7 Å². The molecule has 190 valence electrons. The number of nitrogens with zero attached hydrogens (tertiary/aromatic N) is 5. The minimum Gasteiger partial charge on any atom is -0.368 e. The number of fused-ring (bicyclic) bond motifs is 1. The van der Waals surface area contributed by atoms with Gasteiger partial charge in [-0.3, -0.25) is 14.3 Å². The summed E-state index contributed by atoms with van der Waals surface area (Å²) in [6.07, 6.45) is 5.24. The van der Waals surface area contributed by atoms with Crippen LogP contribution in [0.5, 0.6) is 0 Å². The lowest BCUT2D eigenvalue weighted by molar-refractivity contribution is 0.0951. The second kappa shape index (κ2) is 10.3. The lowest BCUT2D eigenvalue weighted by Crippen LogP contribution is -2.46. The maximum absolute atomic E-state index is 13.2. The zero-order chi connectivity index (χ0) is 25.9. The molecule has 0 spiro atoms. The molecule has 0 bridgehead atoms. The van der Waals surface area contributed by atoms with Crippen molar-refractivity contribution >= 4 is 28.3 Å². The molecule has 0 unspecified atom stereocenters. The van der Waals surface area contributed by atoms with Crippen molar-refractivity contribution in [3.63, 3.8) is 0 Å². The summed E-state index contributed by atoms with van der Waals surface area (Å²) in [6, 6.07) is 24.5. The largest absolute Gasteiger partial charge is 0.368 e. The molecule has 38 heavy (non-hydrogen) atoms. The molecule has 8 heteroatoms. The summed E-state index contributed by atoms with van der Waals surface area (Å²) in [5, 5.41) is 2.93. The van der Waals surface area contributed by atoms with E-state index in [2.05, 4.69) is 49.4 Å². The minimum atomic E-state index is -0.208. The van der Waals surface area contributed by atoms with E-state index in [9.17, 15) is 9.18 Å². The number of amides is 1. The van der Waals surface area contributed by atoms with Crippen molar-refractivity contribution in [2.45, 2.75) is 6.54 Å². The smallest absolute Gasteiger partial charge is 0.251 e. The molecular weight excluding hydrogens is 479 g/mol. The Morgan fingerprint density at radius 1 is 0.842 bits per heavy atom. The molecule has 7 nitrogen and oxygen atoms in total. The molecule has 1 saturated heterocycles. The van der Waals surface area contributed by atoms with Crippen LogP contribution in [-0.2, 0) is 6.54 Å². The number of rotatable bonds is 6. The second-order valence-corrected chi connectivity index (χ2v) is 9.33. The lowest BCUT2D eigenvalue weighted by atomic mass is 10.1. The van der Waals surface area contributed by atoms with Gasteiger partial charge in [0.25, 0.3) is 5.91 Å². The average molecular weight is 507 g/mol. The number of halogens is 1. The Morgan fingerprint density at radius 2 is 1.50 bits per heavy atom. The van der Waals surface area contributed by atoms with Crippen molar-refractivity contribution < 1.29 is 9.18 Å². The number of hydrogen-bond acceptors (Lipinski definition) is 5. The Hall–Kier alpha value is -4.72. The number of anilines is 2. The second-order valence-electron chi connectivity index (χ2n) is 9.33. The van der Waals surface area contributed by atoms with E-state index in [1.54, 1.807) is 18.7 Å². The number of carbonyl (C=O) groups excluding carboxylic acids is 1. The number of nitrogens with one attached hydrogen (secondary N) is 1. The minimum absolute atomic E-state index is 0.144. The van der Waals surface area contributed by atoms with Gasteiger partial charge in [-0.15, -0.1) is 0 Å². The predicted octanol–water partition coefficient (Wildman–Crippen LogP) is 4.82. The monoisotopic (exact) mass is 506 g/mol. The number of hydrogen-bond donors (Lipinski definition) is 1. The highest BCUT2D eigenvalue weighted by atomic mass is 19.1. The van der Waals surface area contributed by atoms with Crippen molar-refractivity contribution in [2.24, 2.45) is 0 Å². The first kappa shape index (κ1) is 23.7. The molecule has 5 aromatic rings. The van der Waals surface area contributed by atoms with Gasteiger partial charge < -0.3 is 15.1 Å². The molecule has 0 saturated carbocycles. The van der Waals surface area contributed by atoms with E-state index in [0.717, 1.165) is 54.2 Å². The quantitative estimate of drug-likeness (QED) is 0.358. The van der Waals surface area contributed by atoms with Crippen LogP contribution in [0.4, 0.5) is 15.8 Å². The van der Waals surface area contributed by atoms with Crippen LogP contribution in [0.25, 0.3) is 16.7 Å². The van der Waals surface area contributed by atoms with E-state index in [1.807, 2.05) is 47.0 Å². The number of pyridine rings is 1. The SMILES string of the molecule is O=C(NCc1cccnc1)c1ccc2c(c1)ncn2-c1ccc(N2CCN(c3ccc(F)cc3)CC2)cc1. The van der Waals surface area contributed by atoms with Crippen molar-refractivity contribution in [1.29, 1.82) is 0 Å². The molecule has 3 heterocycles. The van der Waals surface area contributed by atoms with Crippen LogP contribution in [0.15, 0.2) is 97.6 Å². The van der Waals surface area contributed by atoms with E-state index < -0.39 is 0 Å². The number of piperazine rings is 1. The number of benzene rings is 3. The molecule has 1 fully saturated rings. The van der Waals surface area contributed by atoms with Crippen LogP contribution in [0.3, 0.4) is 0 Å². The zero-order valence-corrected chi connectivity index (χ0v) is 20.8. The molecule has 1 aliphatic heterocycles. The Morgan fingerprint density at radius 3 is 2.16 bits per heavy atom. The highest BCUT2D eigenvalue weighted by Crippen LogP contribution is 2.24. The third kappa shape index (κ3) is 4.93. The van der Waals surface area contributed by atoms with Crippen LogP contribution in [0.2, 0.25) is 0 Å². The summed E-state index contributed by atoms with van der Waals surface area (Å²) >= 11 is 0. The van der Waals surface area contributed by atoms with Gasteiger partial charge in [0.15, 0.2) is 0 Å². The zero-order valence-electron chi connectivity index (χ0n) is 20.8. The fourth-order valence-corrected chi connectivity index (χ4v) is 4.85. The van der Waals surface area contributed by atoms with Gasteiger partial charge in [-0.2, -0.15) is 0 Å². The molecule has 1 aliphatic rings. The summed E-state index contributed by atoms with van der Waals surface area (Å²) in [4.78, 5) is 25.9. The molecule has 2 aromatic heterocycles. The Kier molecular flexibility index (Phi) is 6.44. The van der Waals surface area contributed by atoms with Gasteiger partial charge >= 0.3 is 0 Å². The summed E-state index contributed by atoms with van der Waals surface area (Å²) in [7, 11) is 0. The maximum Gasteiger partial charge on any atom is 0.251 e. The number of aromatic nitrogens is 3. The highest BCUT2D eigenvalue weighted by Gasteiger charge is 2.18. The summed E-state index contributed by atoms with van der Waals surface area (Å²) < 4.78 is 15.3. The predicted molar refractivity (Wildman–Crippen MR) is 147 cm³/mol. The normalized spacial score (nSPS) is 13.6. The Labute approximate surface area is 220 Å². The Balaban J connectivity index is 1.11. The third-order valence-corrected chi connectivity index (χ3v) is 6.95. The molecule has 0 radical (unpaired) electrons. The number of carbonyl (C=O) groups is 1. The van der Waals surface area contributed by atoms with Crippen molar-refractivity contribution in [1.82, 2.24) is 19.9 Å². The lowest BCUT2D eigenvalue weighted by Gasteiger charge is -2.37. The van der Waals surface area contributed by atoms with Crippen molar-refractivity contribution in [2.75, 3.05) is 36.0 Å². The number of imidazole rings is 1. The first-order valence-electron chi connectivity index (χ1n) is 12.6. The van der Waals surface area contributed by atoms with Crippen LogP contribution < -0.4 is 15.1 Å². The molecule has 0 atom stereocenters. The molecule has 1 amide bonds. The highest BCUT2D eigenvalue weighted by molar-refractivity contribution is 5.97. The van der Waals surface area contributed by atoms with Gasteiger partial charge in [-0.25, -0.2) is 9.37 Å². The summed E-state index contributed by atoms with van der Waals surface area (Å²) in [5.41, 5.74) is 6.46. The van der Waals surface area contributed by atoms with Gasteiger partial charge in [0, 0.05) is 67.7 Å². The van der Waals surface area contributed by atoms with E-state index >= 15 is 0 Å². The third-order valence-electron chi connectivity index (χ3n) is 6.95. The van der Waals surface area contributed by atoms with Gasteiger partial charge in [0.1, 0.15) is 12.1 Å². The van der Waals surface area contributed by atoms with Crippen LogP contribution in [0, 0.1) is 5.82 Å². The van der Waals surface area contributed by atoms with E-state index in [0.29, 0.717) is 12.1 Å². The maximum atomic E-state index is 13.2. The standard InChI is InChI=1S/C30H27FN6O/c31-24-4-6-25(7-5-24)35-14-16-36(17-15-35)26-8-10-27(11-9-26)37-21-34-28-18-23(3-12-29(28)37)30(38)33-20-22-2-1-13-32-19-22/h1-13,18-19,21H,14-17,20H2,(H,33,38). The topological polar surface area (TPSA) is 66.3 Å². The Bertz CT molecular complexity index is 1540. The van der Waals surface area contributed by atoms with Gasteiger partial charge in [0.05, 0.1) is 11.0 Å². The van der Waals surface area contributed by atoms with Crippen LogP contribution in [0.1, 0.15) is 15.9 Å². The van der Waals surface area contributed by atoms with Gasteiger partial charge in [0.2, 0.25) is 0 Å². The summed E-state index contributed by atoms with van der Waals surface area (Å²) in [6.45, 7) is 3.99. The van der Waals surface area contributed by atoms with Crippen molar-refractivity contribution in [3.8, 4) is 5.69 Å². The molecular formula is C30H27FN6O. The van der Waals surface area contributed by atoms with Crippen LogP contribution >= 0.6 is 0 Å². The van der Waals surface area contributed by atoms with E-state index in [4.69, 9.17) is 0 Å².